The van der Waals surface area contributed by atoms with Crippen molar-refractivity contribution in [3.63, 3.8) is 0 Å². The number of phenolic OH excluding ortho intramolecular Hbond substituents is 2. The molecule has 12 rings (SSSR count). The number of phenols is 2. The standard InChI is InChI=1S/C28H30ClN3O5.C27H32ClN3O7.C10H13ClN2.C9H13NO.C8H8O7.C7H9BO2/c1-19-5-4-6-22(17-19)37-21-11-9-20(10-12-21)18-30-27(35)25(33)26(34)28(36)32-15-13-31(14-16-32)24-8-3-2-7-23(24)29;1-4-29(17-20-9-11-21(34)12-10-20)26(35)24(37-18(2)32)25(38-19(3)33)27(36)31-15-13-30(14-16-31)23-8-6-5-7-22(23)28;11-9-3-1-2-4-10(9)13-7-5-12-6-8-13;1-2-10-7-8-3-5-9(11)6-4-8;1-3(9)13-5-6(14-4(2)10)8(12)15-7(5)11;1-6-3-2-4-7(5-6)8(9)10/h2-12,17,25-26,33-34H,13-16,18H2,1H3,(H,30,35);5-12,24-25,34H,4,13-17H2,1-3H3;1-4,12H,5-8H2;3-6,10-11H,2,7H2,1H3;5-6H,1-2H3;2-5,9-10H,1H3/t25-,26-;24-,25-;;;5-,6+;/m11..../s1. The van der Waals surface area contributed by atoms with Gasteiger partial charge in [-0.25, -0.2) is 9.59 Å². The Labute approximate surface area is 735 Å². The fraction of sp³-hybridized carbons (Fsp3) is 0.348. The smallest absolute Gasteiger partial charge is 0.488 e. The molecule has 0 spiro atoms. The van der Waals surface area contributed by atoms with Crippen molar-refractivity contribution >= 4 is 124 Å². The summed E-state index contributed by atoms with van der Waals surface area (Å²) in [7, 11) is -1.35. The van der Waals surface area contributed by atoms with Gasteiger partial charge in [-0.3, -0.25) is 38.4 Å². The Bertz CT molecular complexity index is 4800. The van der Waals surface area contributed by atoms with Gasteiger partial charge in [0.1, 0.15) is 23.0 Å². The van der Waals surface area contributed by atoms with Crippen LogP contribution in [0.4, 0.5) is 17.1 Å². The van der Waals surface area contributed by atoms with Crippen LogP contribution in [0.3, 0.4) is 0 Å². The van der Waals surface area contributed by atoms with Crippen molar-refractivity contribution in [2.75, 3.05) is 106 Å². The highest BCUT2D eigenvalue weighted by Crippen LogP contribution is 2.31. The minimum atomic E-state index is -1.88. The van der Waals surface area contributed by atoms with E-state index in [9.17, 15) is 63.3 Å². The molecule has 0 aliphatic carbocycles. The summed E-state index contributed by atoms with van der Waals surface area (Å²) in [4.78, 5) is 130. The monoisotopic (exact) mass is 1770 g/mol. The lowest BCUT2D eigenvalue weighted by Crippen LogP contribution is -2.58. The average Bonchev–Trinajstić information content (AvgIpc) is 0.852. The highest BCUT2D eigenvalue weighted by Gasteiger charge is 2.50. The van der Waals surface area contributed by atoms with Crippen LogP contribution < -0.4 is 40.8 Å². The van der Waals surface area contributed by atoms with Gasteiger partial charge in [0.15, 0.2) is 12.2 Å². The molecule has 4 aliphatic rings. The number of hydrogen-bond acceptors (Lipinski definition) is 27. The lowest BCUT2D eigenvalue weighted by Gasteiger charge is -2.38. The number of amides is 4. The Kier molecular flexibility index (Phi) is 40.6. The molecule has 0 bridgehead atoms. The van der Waals surface area contributed by atoms with Gasteiger partial charge in [0, 0.05) is 132 Å². The molecule has 6 atom stereocenters. The predicted octanol–water partition coefficient (Wildman–Crippen LogP) is 7.59. The van der Waals surface area contributed by atoms with Crippen molar-refractivity contribution in [2.45, 2.75) is 112 Å². The number of halogens is 3. The number of aryl methyl sites for hydroxylation is 2. The topological polar surface area (TPSA) is 403 Å². The van der Waals surface area contributed by atoms with Gasteiger partial charge in [0.05, 0.1) is 32.1 Å². The average molecular weight is 1770 g/mol. The van der Waals surface area contributed by atoms with Gasteiger partial charge in [0.2, 0.25) is 24.4 Å². The van der Waals surface area contributed by atoms with E-state index in [1.54, 1.807) is 85.8 Å². The molecule has 8 aromatic carbocycles. The minimum absolute atomic E-state index is 0.0797. The largest absolute Gasteiger partial charge is 0.508 e. The van der Waals surface area contributed by atoms with Crippen molar-refractivity contribution in [1.29, 1.82) is 0 Å². The number of aromatic hydroxyl groups is 2. The molecule has 662 valence electrons. The van der Waals surface area contributed by atoms with Gasteiger partial charge in [-0.05, 0) is 140 Å². The van der Waals surface area contributed by atoms with Crippen molar-refractivity contribution in [3.05, 3.63) is 237 Å². The molecule has 0 unspecified atom stereocenters. The number of para-hydroxylation sites is 3. The van der Waals surface area contributed by atoms with E-state index in [0.29, 0.717) is 71.8 Å². The molecule has 9 N–H and O–H groups in total. The first-order chi connectivity index (χ1) is 59.2. The van der Waals surface area contributed by atoms with Crippen LogP contribution in [0.2, 0.25) is 15.1 Å². The molecule has 31 nitrogen and oxygen atoms in total. The van der Waals surface area contributed by atoms with E-state index in [1.807, 2.05) is 116 Å². The normalized spacial score (nSPS) is 15.5. The molecule has 0 saturated carbocycles. The van der Waals surface area contributed by atoms with Crippen LogP contribution >= 0.6 is 34.8 Å². The number of rotatable bonds is 24. The lowest BCUT2D eigenvalue weighted by molar-refractivity contribution is -0.181. The number of esters is 6. The van der Waals surface area contributed by atoms with Crippen LogP contribution in [-0.4, -0.2) is 240 Å². The number of nitrogens with one attached hydrogen (secondary N) is 3. The number of carbonyl (C=O) groups is 10. The van der Waals surface area contributed by atoms with Crippen LogP contribution in [0.25, 0.3) is 0 Å². The molecule has 35 heteroatoms. The van der Waals surface area contributed by atoms with Crippen LogP contribution in [0.15, 0.2) is 194 Å². The van der Waals surface area contributed by atoms with Gasteiger partial charge in [-0.1, -0.05) is 156 Å². The first-order valence-electron chi connectivity index (χ1n) is 39.9. The van der Waals surface area contributed by atoms with Gasteiger partial charge >= 0.3 is 42.9 Å². The second kappa shape index (κ2) is 50.7. The molecule has 4 amide bonds. The number of cyclic esters (lactones) is 2. The Morgan fingerprint density at radius 1 is 0.500 bits per heavy atom. The van der Waals surface area contributed by atoms with Crippen LogP contribution in [0.1, 0.15) is 69.4 Å². The third-order valence-corrected chi connectivity index (χ3v) is 20.0. The maximum Gasteiger partial charge on any atom is 0.488 e. The van der Waals surface area contributed by atoms with E-state index in [2.05, 4.69) is 53.0 Å². The summed E-state index contributed by atoms with van der Waals surface area (Å²) < 4.78 is 29.6. The SMILES string of the molecule is CC(=O)O[C@@H]1C(=O)OC(=O)[C@@H]1OC(C)=O.CCN(Cc1ccc(O)cc1)C(=O)[C@H](OC(C)=O)[C@@H](OC(C)=O)C(=O)N1CCN(c2ccccc2Cl)CC1.CCNCc1ccc(O)cc1.Cc1cccc(B(O)O)c1.Cc1cccc(Oc2ccc(CNC(=O)[C@H](O)[C@@H](O)C(=O)N3CCN(c4ccccc4Cl)CC3)cc2)c1.Clc1ccccc1N1CCNCC1. The second-order valence-corrected chi connectivity index (χ2v) is 29.7. The van der Waals surface area contributed by atoms with E-state index in [4.69, 9.17) is 64.2 Å². The molecule has 4 heterocycles. The van der Waals surface area contributed by atoms with Gasteiger partial charge in [-0.15, -0.1) is 0 Å². The molecular formula is C89H105BCl3N9O22. The summed E-state index contributed by atoms with van der Waals surface area (Å²) in [5, 5.41) is 67.8. The number of nitrogens with zero attached hydrogens (tertiary/aromatic N) is 6. The number of likely N-dealkylation sites (N-methyl/N-ethyl adjacent to an activating group) is 1. The highest BCUT2D eigenvalue weighted by atomic mass is 35.5. The third kappa shape index (κ3) is 32.1. The molecule has 0 aromatic heterocycles. The molecule has 4 fully saturated rings. The molecular weight excluding hydrogens is 1660 g/mol. The number of carbonyl (C=O) groups excluding carboxylic acids is 10. The minimum Gasteiger partial charge on any atom is -0.508 e. The Balaban J connectivity index is 0.000000223. The van der Waals surface area contributed by atoms with Crippen LogP contribution in [0.5, 0.6) is 23.0 Å². The fourth-order valence-corrected chi connectivity index (χ4v) is 13.5. The van der Waals surface area contributed by atoms with E-state index in [0.717, 1.165) is 111 Å². The zero-order chi connectivity index (χ0) is 90.5. The predicted molar refractivity (Wildman–Crippen MR) is 468 cm³/mol. The van der Waals surface area contributed by atoms with E-state index in [-0.39, 0.29) is 38.5 Å². The summed E-state index contributed by atoms with van der Waals surface area (Å²) in [6.07, 6.45) is -10.0. The molecule has 124 heavy (non-hydrogen) atoms. The Hall–Kier alpha value is -11.8. The van der Waals surface area contributed by atoms with Gasteiger partial charge < -0.3 is 104 Å². The van der Waals surface area contributed by atoms with Gasteiger partial charge in [0.25, 0.3) is 23.6 Å². The maximum atomic E-state index is 13.6. The summed E-state index contributed by atoms with van der Waals surface area (Å²) in [5.41, 5.74) is 8.24. The van der Waals surface area contributed by atoms with Crippen molar-refractivity contribution < 1.29 is 107 Å². The molecule has 0 radical (unpaired) electrons. The number of piperazine rings is 3. The zero-order valence-electron chi connectivity index (χ0n) is 70.1. The quantitative estimate of drug-likeness (QED) is 0.0122. The summed E-state index contributed by atoms with van der Waals surface area (Å²) in [6, 6.07) is 58.4. The van der Waals surface area contributed by atoms with E-state index in [1.165, 1.54) is 32.4 Å². The number of hydrogen-bond donors (Lipinski definition) is 9. The van der Waals surface area contributed by atoms with Crippen LogP contribution in [-0.2, 0) is 91.3 Å². The first-order valence-corrected chi connectivity index (χ1v) is 41.0. The summed E-state index contributed by atoms with van der Waals surface area (Å²) in [6.45, 7) is 21.8. The highest BCUT2D eigenvalue weighted by molar-refractivity contribution is 6.58. The number of anilines is 3. The number of benzene rings is 8. The van der Waals surface area contributed by atoms with Crippen molar-refractivity contribution in [2.24, 2.45) is 0 Å². The van der Waals surface area contributed by atoms with Crippen molar-refractivity contribution in [1.82, 2.24) is 30.7 Å². The maximum absolute atomic E-state index is 13.6. The number of aliphatic hydroxyl groups is 2. The summed E-state index contributed by atoms with van der Waals surface area (Å²) in [5.74, 6) is -6.23. The van der Waals surface area contributed by atoms with E-state index < -0.39 is 103 Å². The summed E-state index contributed by atoms with van der Waals surface area (Å²) >= 11 is 18.7. The number of ether oxygens (including phenoxy) is 6. The van der Waals surface area contributed by atoms with Crippen LogP contribution in [0, 0.1) is 13.8 Å². The van der Waals surface area contributed by atoms with Crippen molar-refractivity contribution in [3.8, 4) is 23.0 Å². The van der Waals surface area contributed by atoms with Gasteiger partial charge in [-0.2, -0.15) is 0 Å². The molecule has 4 aliphatic heterocycles. The first kappa shape index (κ1) is 99.3. The molecule has 8 aromatic rings. The number of aliphatic hydroxyl groups excluding tert-OH is 2. The third-order valence-electron chi connectivity index (χ3n) is 19.0. The Morgan fingerprint density at radius 3 is 1.35 bits per heavy atom. The Morgan fingerprint density at radius 2 is 0.927 bits per heavy atom. The zero-order valence-corrected chi connectivity index (χ0v) is 72.3. The van der Waals surface area contributed by atoms with E-state index >= 15 is 0 Å². The lowest BCUT2D eigenvalue weighted by atomic mass is 9.80. The second-order valence-electron chi connectivity index (χ2n) is 28.5. The fourth-order valence-electron chi connectivity index (χ4n) is 12.7. The molecule has 4 saturated heterocycles.